The number of hydrogen-bond donors (Lipinski definition) is 3. The molecule has 7 nitrogen and oxygen atoms in total. The van der Waals surface area contributed by atoms with Crippen LogP contribution in [0.5, 0.6) is 0 Å². The summed E-state index contributed by atoms with van der Waals surface area (Å²) in [6.07, 6.45) is 2.86. The van der Waals surface area contributed by atoms with E-state index >= 15 is 0 Å². The van der Waals surface area contributed by atoms with Crippen LogP contribution < -0.4 is 10.6 Å². The lowest BCUT2D eigenvalue weighted by Crippen LogP contribution is -2.46. The molecule has 7 heteroatoms. The topological polar surface area (TPSA) is 83.1 Å². The molecule has 3 saturated heterocycles. The molecule has 5 unspecified atom stereocenters. The van der Waals surface area contributed by atoms with Crippen LogP contribution in [-0.2, 0) is 14.3 Å². The second-order valence-electron chi connectivity index (χ2n) is 7.70. The van der Waals surface area contributed by atoms with Crippen LogP contribution in [-0.4, -0.2) is 85.7 Å². The van der Waals surface area contributed by atoms with E-state index in [1.807, 2.05) is 6.92 Å². The van der Waals surface area contributed by atoms with Crippen molar-refractivity contribution < 1.29 is 19.4 Å². The van der Waals surface area contributed by atoms with E-state index in [0.29, 0.717) is 32.0 Å². The fourth-order valence-electron chi connectivity index (χ4n) is 4.05. The molecule has 0 aromatic rings. The number of aliphatic hydroxyl groups excluding tert-OH is 1. The molecule has 0 saturated carbocycles. The van der Waals surface area contributed by atoms with E-state index in [-0.39, 0.29) is 30.3 Å². The summed E-state index contributed by atoms with van der Waals surface area (Å²) in [6.45, 7) is 5.61. The Morgan fingerprint density at radius 3 is 2.72 bits per heavy atom. The standard InChI is InChI=1S/C18H33N3O4/c1-3-6-19-16(22)10-13-9-14-18(24-13)17(23)15(25-14)11-20-12-4-7-21(2)8-5-12/h12-15,17-18,20,23H,3-11H2,1-2H3,(H,19,22). The first-order valence-corrected chi connectivity index (χ1v) is 9.74. The third-order valence-corrected chi connectivity index (χ3v) is 5.59. The van der Waals surface area contributed by atoms with Gasteiger partial charge in [-0.1, -0.05) is 6.92 Å². The summed E-state index contributed by atoms with van der Waals surface area (Å²) in [5.41, 5.74) is 0. The maximum absolute atomic E-state index is 11.8. The molecule has 144 valence electrons. The van der Waals surface area contributed by atoms with Crippen LogP contribution in [0, 0.1) is 0 Å². The number of carbonyl (C=O) groups is 1. The number of hydrogen-bond acceptors (Lipinski definition) is 6. The van der Waals surface area contributed by atoms with Crippen molar-refractivity contribution in [1.29, 1.82) is 0 Å². The summed E-state index contributed by atoms with van der Waals surface area (Å²) >= 11 is 0. The Morgan fingerprint density at radius 1 is 1.28 bits per heavy atom. The molecular weight excluding hydrogens is 322 g/mol. The zero-order valence-corrected chi connectivity index (χ0v) is 15.4. The summed E-state index contributed by atoms with van der Waals surface area (Å²) in [4.78, 5) is 14.2. The lowest BCUT2D eigenvalue weighted by Gasteiger charge is -2.30. The van der Waals surface area contributed by atoms with Crippen LogP contribution in [0.2, 0.25) is 0 Å². The van der Waals surface area contributed by atoms with Crippen molar-refractivity contribution in [3.8, 4) is 0 Å². The van der Waals surface area contributed by atoms with Crippen molar-refractivity contribution in [3.63, 3.8) is 0 Å². The predicted octanol–water partition coefficient (Wildman–Crippen LogP) is -0.128. The Morgan fingerprint density at radius 2 is 2.04 bits per heavy atom. The Kier molecular flexibility index (Phi) is 6.68. The van der Waals surface area contributed by atoms with E-state index in [1.165, 1.54) is 0 Å². The smallest absolute Gasteiger partial charge is 0.222 e. The van der Waals surface area contributed by atoms with Gasteiger partial charge in [0.25, 0.3) is 0 Å². The van der Waals surface area contributed by atoms with Gasteiger partial charge in [-0.3, -0.25) is 4.79 Å². The molecule has 25 heavy (non-hydrogen) atoms. The van der Waals surface area contributed by atoms with Gasteiger partial charge in [0.1, 0.15) is 12.2 Å². The van der Waals surface area contributed by atoms with E-state index in [2.05, 4.69) is 22.6 Å². The minimum Gasteiger partial charge on any atom is -0.388 e. The third-order valence-electron chi connectivity index (χ3n) is 5.59. The van der Waals surface area contributed by atoms with Gasteiger partial charge < -0.3 is 30.1 Å². The number of ether oxygens (including phenoxy) is 2. The first kappa shape index (κ1) is 19.0. The lowest BCUT2D eigenvalue weighted by molar-refractivity contribution is -0.124. The maximum Gasteiger partial charge on any atom is 0.222 e. The largest absolute Gasteiger partial charge is 0.388 e. The Hall–Kier alpha value is -0.730. The number of nitrogens with one attached hydrogen (secondary N) is 2. The van der Waals surface area contributed by atoms with Gasteiger partial charge in [0, 0.05) is 25.6 Å². The average Bonchev–Trinajstić information content (AvgIpc) is 3.11. The van der Waals surface area contributed by atoms with Crippen molar-refractivity contribution >= 4 is 5.91 Å². The van der Waals surface area contributed by atoms with Crippen LogP contribution in [0.3, 0.4) is 0 Å². The fraction of sp³-hybridized carbons (Fsp3) is 0.944. The van der Waals surface area contributed by atoms with Gasteiger partial charge in [0.05, 0.1) is 24.7 Å². The number of amides is 1. The zero-order chi connectivity index (χ0) is 17.8. The van der Waals surface area contributed by atoms with Crippen LogP contribution in [0.1, 0.15) is 39.0 Å². The fourth-order valence-corrected chi connectivity index (χ4v) is 4.05. The van der Waals surface area contributed by atoms with Gasteiger partial charge in [0.2, 0.25) is 5.91 Å². The van der Waals surface area contributed by atoms with Crippen molar-refractivity contribution in [2.45, 2.75) is 75.6 Å². The molecule has 3 rings (SSSR count). The van der Waals surface area contributed by atoms with Crippen molar-refractivity contribution in [1.82, 2.24) is 15.5 Å². The Balaban J connectivity index is 1.39. The SMILES string of the molecule is CCCNC(=O)CC1CC2OC(CNC3CCN(C)CC3)C(O)C2O1. The summed E-state index contributed by atoms with van der Waals surface area (Å²) in [5.74, 6) is 0.0156. The number of likely N-dealkylation sites (tertiary alicyclic amines) is 1. The molecule has 1 amide bonds. The molecule has 3 heterocycles. The molecular formula is C18H33N3O4. The van der Waals surface area contributed by atoms with Crippen molar-refractivity contribution in [2.24, 2.45) is 0 Å². The number of nitrogens with zero attached hydrogens (tertiary/aromatic N) is 1. The summed E-state index contributed by atoms with van der Waals surface area (Å²) < 4.78 is 11.9. The molecule has 0 aromatic carbocycles. The van der Waals surface area contributed by atoms with Gasteiger partial charge in [-0.25, -0.2) is 0 Å². The number of piperidine rings is 1. The highest BCUT2D eigenvalue weighted by atomic mass is 16.6. The van der Waals surface area contributed by atoms with E-state index in [0.717, 1.165) is 32.4 Å². The first-order valence-electron chi connectivity index (χ1n) is 9.74. The second kappa shape index (κ2) is 8.77. The summed E-state index contributed by atoms with van der Waals surface area (Å²) in [6, 6.07) is 0.503. The highest BCUT2D eigenvalue weighted by Gasteiger charge is 2.50. The number of fused-ring (bicyclic) bond motifs is 1. The monoisotopic (exact) mass is 355 g/mol. The number of carbonyl (C=O) groups excluding carboxylic acids is 1. The summed E-state index contributed by atoms with van der Waals surface area (Å²) in [7, 11) is 2.15. The normalized spacial score (nSPS) is 36.5. The Bertz CT molecular complexity index is 442. The first-order chi connectivity index (χ1) is 12.1. The van der Waals surface area contributed by atoms with Crippen LogP contribution in [0.25, 0.3) is 0 Å². The third kappa shape index (κ3) is 4.92. The molecule has 5 atom stereocenters. The van der Waals surface area contributed by atoms with Gasteiger partial charge in [-0.05, 0) is 39.4 Å². The molecule has 0 aliphatic carbocycles. The van der Waals surface area contributed by atoms with Gasteiger partial charge in [0.15, 0.2) is 0 Å². The van der Waals surface area contributed by atoms with Gasteiger partial charge in [-0.15, -0.1) is 0 Å². The van der Waals surface area contributed by atoms with E-state index < -0.39 is 6.10 Å². The molecule has 0 spiro atoms. The second-order valence-corrected chi connectivity index (χ2v) is 7.70. The number of aliphatic hydroxyl groups is 1. The number of rotatable bonds is 7. The lowest BCUT2D eigenvalue weighted by atomic mass is 10.0. The molecule has 3 aliphatic rings. The van der Waals surface area contributed by atoms with E-state index in [9.17, 15) is 9.90 Å². The maximum atomic E-state index is 11.8. The van der Waals surface area contributed by atoms with Crippen LogP contribution in [0.4, 0.5) is 0 Å². The van der Waals surface area contributed by atoms with Crippen LogP contribution in [0.15, 0.2) is 0 Å². The minimum atomic E-state index is -0.618. The molecule has 3 N–H and O–H groups in total. The highest BCUT2D eigenvalue weighted by Crippen LogP contribution is 2.35. The van der Waals surface area contributed by atoms with E-state index in [4.69, 9.17) is 9.47 Å². The van der Waals surface area contributed by atoms with Crippen molar-refractivity contribution in [3.05, 3.63) is 0 Å². The highest BCUT2D eigenvalue weighted by molar-refractivity contribution is 5.76. The van der Waals surface area contributed by atoms with Crippen LogP contribution >= 0.6 is 0 Å². The minimum absolute atomic E-state index is 0.0156. The van der Waals surface area contributed by atoms with Crippen molar-refractivity contribution in [2.75, 3.05) is 33.2 Å². The van der Waals surface area contributed by atoms with Gasteiger partial charge >= 0.3 is 0 Å². The molecule has 3 aliphatic heterocycles. The zero-order valence-electron chi connectivity index (χ0n) is 15.4. The molecule has 3 fully saturated rings. The summed E-state index contributed by atoms with van der Waals surface area (Å²) in [5, 5.41) is 16.9. The Labute approximate surface area is 150 Å². The van der Waals surface area contributed by atoms with Gasteiger partial charge in [-0.2, -0.15) is 0 Å². The molecule has 0 radical (unpaired) electrons. The quantitative estimate of drug-likeness (QED) is 0.590. The molecule has 0 bridgehead atoms. The molecule has 0 aromatic heterocycles. The average molecular weight is 355 g/mol. The predicted molar refractivity (Wildman–Crippen MR) is 94.4 cm³/mol. The van der Waals surface area contributed by atoms with E-state index in [1.54, 1.807) is 0 Å².